The van der Waals surface area contributed by atoms with Gasteiger partial charge in [-0.25, -0.2) is 0 Å². The second-order valence-electron chi connectivity index (χ2n) is 3.40. The smallest absolute Gasteiger partial charge is 0.0136 e. The van der Waals surface area contributed by atoms with Gasteiger partial charge in [-0.1, -0.05) is 18.2 Å². The zero-order valence-corrected chi connectivity index (χ0v) is 8.57. The van der Waals surface area contributed by atoms with Crippen LogP contribution in [0.3, 0.4) is 0 Å². The maximum atomic E-state index is 5.58. The molecule has 2 rings (SSSR count). The second kappa shape index (κ2) is 4.16. The van der Waals surface area contributed by atoms with Gasteiger partial charge in [0.05, 0.1) is 0 Å². The molecule has 1 aliphatic rings. The topological polar surface area (TPSA) is 26.0 Å². The van der Waals surface area contributed by atoms with Gasteiger partial charge in [0.2, 0.25) is 0 Å². The average molecular weight is 193 g/mol. The molecule has 0 amide bonds. The Bertz CT molecular complexity index is 296. The highest BCUT2D eigenvalue weighted by Gasteiger charge is 2.12. The van der Waals surface area contributed by atoms with Crippen LogP contribution in [0, 0.1) is 0 Å². The van der Waals surface area contributed by atoms with Gasteiger partial charge < -0.3 is 5.73 Å². The summed E-state index contributed by atoms with van der Waals surface area (Å²) in [5, 5.41) is 0. The fourth-order valence-electron chi connectivity index (χ4n) is 1.81. The Labute approximate surface area is 83.7 Å². The molecule has 0 unspecified atom stereocenters. The Morgan fingerprint density at radius 1 is 1.38 bits per heavy atom. The van der Waals surface area contributed by atoms with Gasteiger partial charge in [0.25, 0.3) is 0 Å². The van der Waals surface area contributed by atoms with E-state index < -0.39 is 0 Å². The highest BCUT2D eigenvalue weighted by molar-refractivity contribution is 7.99. The summed E-state index contributed by atoms with van der Waals surface area (Å²) < 4.78 is 0. The minimum atomic E-state index is 0.761. The van der Waals surface area contributed by atoms with Gasteiger partial charge >= 0.3 is 0 Å². The van der Waals surface area contributed by atoms with Crippen LogP contribution in [0.4, 0.5) is 0 Å². The van der Waals surface area contributed by atoms with Gasteiger partial charge in [-0.15, -0.1) is 11.8 Å². The number of hydrogen-bond acceptors (Lipinski definition) is 2. The van der Waals surface area contributed by atoms with Crippen LogP contribution in [0.15, 0.2) is 23.1 Å². The fourth-order valence-corrected chi connectivity index (χ4v) is 3.01. The number of benzene rings is 1. The summed E-state index contributed by atoms with van der Waals surface area (Å²) in [7, 11) is 0. The molecule has 70 valence electrons. The van der Waals surface area contributed by atoms with E-state index in [4.69, 9.17) is 5.73 Å². The van der Waals surface area contributed by atoms with Crippen molar-refractivity contribution < 1.29 is 0 Å². The third-order valence-corrected chi connectivity index (χ3v) is 3.73. The highest BCUT2D eigenvalue weighted by Crippen LogP contribution is 2.32. The number of fused-ring (bicyclic) bond motifs is 1. The Morgan fingerprint density at radius 3 is 3.15 bits per heavy atom. The van der Waals surface area contributed by atoms with Crippen molar-refractivity contribution >= 4 is 11.8 Å². The Balaban J connectivity index is 2.34. The molecule has 1 aliphatic heterocycles. The fraction of sp³-hybridized carbons (Fsp3) is 0.455. The number of aryl methyl sites for hydroxylation is 1. The molecule has 0 atom stereocenters. The van der Waals surface area contributed by atoms with E-state index in [2.05, 4.69) is 18.2 Å². The number of nitrogens with two attached hydrogens (primary N) is 1. The number of rotatable bonds is 2. The van der Waals surface area contributed by atoms with Crippen molar-refractivity contribution in [2.75, 3.05) is 12.3 Å². The molecule has 0 aliphatic carbocycles. The van der Waals surface area contributed by atoms with Crippen molar-refractivity contribution in [1.29, 1.82) is 0 Å². The van der Waals surface area contributed by atoms with Crippen molar-refractivity contribution in [2.45, 2.75) is 24.2 Å². The van der Waals surface area contributed by atoms with Gasteiger partial charge in [0.15, 0.2) is 0 Å². The van der Waals surface area contributed by atoms with Crippen molar-refractivity contribution in [3.8, 4) is 0 Å². The highest BCUT2D eigenvalue weighted by atomic mass is 32.2. The van der Waals surface area contributed by atoms with E-state index in [0.717, 1.165) is 13.0 Å². The van der Waals surface area contributed by atoms with Gasteiger partial charge in [0.1, 0.15) is 0 Å². The van der Waals surface area contributed by atoms with E-state index in [0.29, 0.717) is 0 Å². The molecular weight excluding hydrogens is 178 g/mol. The molecule has 1 aromatic rings. The molecule has 0 fully saturated rings. The van der Waals surface area contributed by atoms with Crippen LogP contribution in [-0.2, 0) is 12.8 Å². The Hall–Kier alpha value is -0.470. The van der Waals surface area contributed by atoms with Crippen LogP contribution in [-0.4, -0.2) is 12.3 Å². The summed E-state index contributed by atoms with van der Waals surface area (Å²) in [5.41, 5.74) is 8.56. The molecule has 0 saturated heterocycles. The molecule has 0 spiro atoms. The third-order valence-electron chi connectivity index (χ3n) is 2.43. The SMILES string of the molecule is NCCc1cccc2c1SCCC2. The lowest BCUT2D eigenvalue weighted by atomic mass is 10.0. The molecule has 0 aromatic heterocycles. The molecule has 0 saturated carbocycles. The van der Waals surface area contributed by atoms with Crippen molar-refractivity contribution in [3.05, 3.63) is 29.3 Å². The second-order valence-corrected chi connectivity index (χ2v) is 4.50. The summed E-state index contributed by atoms with van der Waals surface area (Å²) in [6, 6.07) is 6.63. The first-order valence-electron chi connectivity index (χ1n) is 4.85. The lowest BCUT2D eigenvalue weighted by molar-refractivity contribution is 0.860. The maximum absolute atomic E-state index is 5.58. The largest absolute Gasteiger partial charge is 0.330 e. The predicted molar refractivity (Wildman–Crippen MR) is 58.2 cm³/mol. The number of hydrogen-bond donors (Lipinski definition) is 1. The monoisotopic (exact) mass is 193 g/mol. The van der Waals surface area contributed by atoms with Gasteiger partial charge in [0, 0.05) is 4.90 Å². The van der Waals surface area contributed by atoms with Gasteiger partial charge in [-0.05, 0) is 42.7 Å². The summed E-state index contributed by atoms with van der Waals surface area (Å²) in [4.78, 5) is 1.51. The Kier molecular flexibility index (Phi) is 2.91. The minimum absolute atomic E-state index is 0.761. The van der Waals surface area contributed by atoms with Crippen LogP contribution < -0.4 is 5.73 Å². The maximum Gasteiger partial charge on any atom is 0.0136 e. The predicted octanol–water partition coefficient (Wildman–Crippen LogP) is 2.23. The molecule has 1 aromatic carbocycles. The standard InChI is InChI=1S/C11H15NS/c12-7-6-10-4-1-3-9-5-2-8-13-11(9)10/h1,3-4H,2,5-8,12H2. The van der Waals surface area contributed by atoms with Crippen LogP contribution in [0.25, 0.3) is 0 Å². The lowest BCUT2D eigenvalue weighted by Crippen LogP contribution is -2.07. The molecular formula is C11H15NS. The van der Waals surface area contributed by atoms with Crippen LogP contribution in [0.2, 0.25) is 0 Å². The van der Waals surface area contributed by atoms with E-state index in [1.165, 1.54) is 34.6 Å². The first-order chi connectivity index (χ1) is 6.42. The first kappa shape index (κ1) is 9.10. The quantitative estimate of drug-likeness (QED) is 0.779. The van der Waals surface area contributed by atoms with Crippen molar-refractivity contribution in [1.82, 2.24) is 0 Å². The van der Waals surface area contributed by atoms with Crippen molar-refractivity contribution in [3.63, 3.8) is 0 Å². The van der Waals surface area contributed by atoms with Crippen LogP contribution in [0.1, 0.15) is 17.5 Å². The molecule has 0 radical (unpaired) electrons. The Morgan fingerprint density at radius 2 is 2.31 bits per heavy atom. The van der Waals surface area contributed by atoms with Gasteiger partial charge in [-0.3, -0.25) is 0 Å². The van der Waals surface area contributed by atoms with Crippen LogP contribution in [0.5, 0.6) is 0 Å². The molecule has 0 bridgehead atoms. The number of thioether (sulfide) groups is 1. The first-order valence-corrected chi connectivity index (χ1v) is 5.84. The summed E-state index contributed by atoms with van der Waals surface area (Å²) in [5.74, 6) is 1.27. The molecule has 1 heterocycles. The summed E-state index contributed by atoms with van der Waals surface area (Å²) in [6.45, 7) is 0.761. The molecule has 2 heteroatoms. The average Bonchev–Trinajstić information content (AvgIpc) is 2.19. The lowest BCUT2D eigenvalue weighted by Gasteiger charge is -2.18. The van der Waals surface area contributed by atoms with E-state index >= 15 is 0 Å². The zero-order valence-electron chi connectivity index (χ0n) is 7.75. The van der Waals surface area contributed by atoms with E-state index in [9.17, 15) is 0 Å². The minimum Gasteiger partial charge on any atom is -0.330 e. The van der Waals surface area contributed by atoms with Gasteiger partial charge in [-0.2, -0.15) is 0 Å². The van der Waals surface area contributed by atoms with E-state index in [1.807, 2.05) is 11.8 Å². The summed E-state index contributed by atoms with van der Waals surface area (Å²) in [6.07, 6.45) is 3.60. The third kappa shape index (κ3) is 1.89. The van der Waals surface area contributed by atoms with E-state index in [-0.39, 0.29) is 0 Å². The summed E-state index contributed by atoms with van der Waals surface area (Å²) >= 11 is 2.00. The van der Waals surface area contributed by atoms with Crippen molar-refractivity contribution in [2.24, 2.45) is 5.73 Å². The normalized spacial score (nSPS) is 15.5. The zero-order chi connectivity index (χ0) is 9.10. The molecule has 1 nitrogen and oxygen atoms in total. The molecule has 2 N–H and O–H groups in total. The van der Waals surface area contributed by atoms with E-state index in [1.54, 1.807) is 0 Å². The molecule has 13 heavy (non-hydrogen) atoms. The van der Waals surface area contributed by atoms with Crippen LogP contribution >= 0.6 is 11.8 Å².